The van der Waals surface area contributed by atoms with E-state index in [2.05, 4.69) is 18.8 Å². The van der Waals surface area contributed by atoms with Crippen molar-refractivity contribution >= 4 is 34.9 Å². The van der Waals surface area contributed by atoms with Crippen molar-refractivity contribution in [2.24, 2.45) is 0 Å². The van der Waals surface area contributed by atoms with E-state index in [1.165, 1.54) is 11.3 Å². The van der Waals surface area contributed by atoms with Crippen molar-refractivity contribution in [1.82, 2.24) is 14.8 Å². The predicted octanol–water partition coefficient (Wildman–Crippen LogP) is 2.57. The van der Waals surface area contributed by atoms with E-state index in [0.717, 1.165) is 10.7 Å². The maximum absolute atomic E-state index is 12.8. The van der Waals surface area contributed by atoms with E-state index in [4.69, 9.17) is 0 Å². The lowest BCUT2D eigenvalue weighted by Gasteiger charge is -2.26. The number of amides is 2. The summed E-state index contributed by atoms with van der Waals surface area (Å²) in [4.78, 5) is 33.8. The van der Waals surface area contributed by atoms with Gasteiger partial charge in [0, 0.05) is 25.3 Å². The molecule has 1 fully saturated rings. The van der Waals surface area contributed by atoms with Gasteiger partial charge in [0.15, 0.2) is 0 Å². The smallest absolute Gasteiger partial charge is 0.267 e. The molecule has 1 aliphatic rings. The highest BCUT2D eigenvalue weighted by molar-refractivity contribution is 7.99. The number of aryl methyl sites for hydroxylation is 1. The van der Waals surface area contributed by atoms with Gasteiger partial charge >= 0.3 is 0 Å². The summed E-state index contributed by atoms with van der Waals surface area (Å²) in [6.07, 6.45) is 0. The van der Waals surface area contributed by atoms with Gasteiger partial charge in [-0.25, -0.2) is 4.98 Å². The van der Waals surface area contributed by atoms with Crippen LogP contribution < -0.4 is 0 Å². The summed E-state index contributed by atoms with van der Waals surface area (Å²) in [6.45, 7) is 8.60. The van der Waals surface area contributed by atoms with Crippen molar-refractivity contribution in [1.29, 1.82) is 0 Å². The fourth-order valence-corrected chi connectivity index (χ4v) is 4.42. The zero-order valence-electron chi connectivity index (χ0n) is 13.8. The molecule has 2 rings (SSSR count). The first-order valence-corrected chi connectivity index (χ1v) is 9.44. The molecule has 0 spiro atoms. The molecule has 5 nitrogen and oxygen atoms in total. The van der Waals surface area contributed by atoms with Crippen molar-refractivity contribution in [2.45, 2.75) is 39.7 Å². The number of rotatable bonds is 4. The van der Waals surface area contributed by atoms with Crippen LogP contribution in [0.25, 0.3) is 0 Å². The molecule has 2 heterocycles. The second-order valence-corrected chi connectivity index (χ2v) is 7.79. The van der Waals surface area contributed by atoms with Crippen LogP contribution >= 0.6 is 23.1 Å². The fourth-order valence-electron chi connectivity index (χ4n) is 2.25. The Morgan fingerprint density at radius 1 is 1.45 bits per heavy atom. The highest BCUT2D eigenvalue weighted by Crippen LogP contribution is 2.30. The highest BCUT2D eigenvalue weighted by atomic mass is 32.2. The molecule has 1 aromatic rings. The Bertz CT molecular complexity index is 571. The van der Waals surface area contributed by atoms with Crippen LogP contribution in [0.5, 0.6) is 0 Å². The molecular weight excluding hydrogens is 318 g/mol. The summed E-state index contributed by atoms with van der Waals surface area (Å²) in [7, 11) is 1.78. The molecule has 0 saturated carbocycles. The number of carbonyl (C=O) groups is 2. The quantitative estimate of drug-likeness (QED) is 0.845. The van der Waals surface area contributed by atoms with E-state index in [-0.39, 0.29) is 17.9 Å². The summed E-state index contributed by atoms with van der Waals surface area (Å²) >= 11 is 3.08. The Kier molecular flexibility index (Phi) is 5.50. The third-order valence-electron chi connectivity index (χ3n) is 3.78. The van der Waals surface area contributed by atoms with Gasteiger partial charge in [0.2, 0.25) is 5.91 Å². The molecule has 1 aliphatic heterocycles. The Morgan fingerprint density at radius 3 is 2.68 bits per heavy atom. The van der Waals surface area contributed by atoms with Gasteiger partial charge in [0.25, 0.3) is 5.91 Å². The van der Waals surface area contributed by atoms with E-state index in [0.29, 0.717) is 29.0 Å². The van der Waals surface area contributed by atoms with Gasteiger partial charge in [-0.15, -0.1) is 23.1 Å². The third-order valence-corrected chi connectivity index (χ3v) is 6.24. The van der Waals surface area contributed by atoms with Gasteiger partial charge in [0.1, 0.15) is 10.9 Å². The normalized spacial score (nSPS) is 18.1. The van der Waals surface area contributed by atoms with Crippen LogP contribution in [-0.2, 0) is 4.79 Å². The summed E-state index contributed by atoms with van der Waals surface area (Å²) in [5, 5.41) is 0.973. The van der Waals surface area contributed by atoms with E-state index < -0.39 is 0 Å². The minimum Gasteiger partial charge on any atom is -0.344 e. The number of hydrogen-bond acceptors (Lipinski definition) is 5. The first kappa shape index (κ1) is 17.3. The van der Waals surface area contributed by atoms with E-state index >= 15 is 0 Å². The van der Waals surface area contributed by atoms with Gasteiger partial charge in [0.05, 0.1) is 16.6 Å². The number of aromatic nitrogens is 1. The molecule has 0 bridgehead atoms. The minimum absolute atomic E-state index is 0.0205. The van der Waals surface area contributed by atoms with Crippen LogP contribution in [0.15, 0.2) is 0 Å². The Hall–Kier alpha value is -1.08. The number of hydrogen-bond donors (Lipinski definition) is 0. The molecule has 0 aromatic carbocycles. The third kappa shape index (κ3) is 3.30. The second-order valence-electron chi connectivity index (χ2n) is 5.76. The maximum atomic E-state index is 12.8. The topological polar surface area (TPSA) is 53.5 Å². The molecular formula is C15H23N3O2S2. The molecule has 0 aliphatic carbocycles. The zero-order chi connectivity index (χ0) is 16.4. The van der Waals surface area contributed by atoms with Crippen molar-refractivity contribution in [3.63, 3.8) is 0 Å². The minimum atomic E-state index is -0.355. The van der Waals surface area contributed by atoms with E-state index in [9.17, 15) is 9.59 Å². The van der Waals surface area contributed by atoms with Crippen molar-refractivity contribution in [2.75, 3.05) is 25.2 Å². The van der Waals surface area contributed by atoms with Gasteiger partial charge in [-0.2, -0.15) is 0 Å². The first-order valence-electron chi connectivity index (χ1n) is 7.47. The fraction of sp³-hybridized carbons (Fsp3) is 0.667. The number of nitrogens with zero attached hydrogens (tertiary/aromatic N) is 3. The monoisotopic (exact) mass is 341 g/mol. The van der Waals surface area contributed by atoms with E-state index in [1.807, 2.05) is 13.8 Å². The molecule has 0 radical (unpaired) electrons. The molecule has 2 amide bonds. The summed E-state index contributed by atoms with van der Waals surface area (Å²) < 4.78 is 0. The Labute approximate surface area is 140 Å². The molecule has 1 saturated heterocycles. The van der Waals surface area contributed by atoms with Gasteiger partial charge < -0.3 is 9.80 Å². The van der Waals surface area contributed by atoms with Crippen molar-refractivity contribution in [3.05, 3.63) is 15.6 Å². The number of thiazole rings is 1. The average molecular weight is 342 g/mol. The van der Waals surface area contributed by atoms with Crippen LogP contribution in [-0.4, -0.2) is 57.9 Å². The van der Waals surface area contributed by atoms with Crippen LogP contribution in [0.2, 0.25) is 0 Å². The largest absolute Gasteiger partial charge is 0.344 e. The van der Waals surface area contributed by atoms with Crippen LogP contribution in [0.4, 0.5) is 0 Å². The maximum Gasteiger partial charge on any atom is 0.267 e. The van der Waals surface area contributed by atoms with Crippen molar-refractivity contribution in [3.8, 4) is 0 Å². The van der Waals surface area contributed by atoms with Crippen molar-refractivity contribution < 1.29 is 9.59 Å². The Balaban J connectivity index is 2.23. The lowest BCUT2D eigenvalue weighted by atomic mass is 10.2. The summed E-state index contributed by atoms with van der Waals surface area (Å²) in [6, 6.07) is -0.355. The summed E-state index contributed by atoms with van der Waals surface area (Å²) in [5.74, 6) is 1.51. The molecule has 1 aromatic heterocycles. The lowest BCUT2D eigenvalue weighted by Crippen LogP contribution is -2.47. The van der Waals surface area contributed by atoms with E-state index in [1.54, 1.807) is 28.6 Å². The van der Waals surface area contributed by atoms with Gasteiger partial charge in [-0.05, 0) is 13.8 Å². The predicted molar refractivity (Wildman–Crippen MR) is 91.5 cm³/mol. The number of carbonyl (C=O) groups excluding carboxylic acids is 2. The highest BCUT2D eigenvalue weighted by Gasteiger charge is 2.37. The van der Waals surface area contributed by atoms with Gasteiger partial charge in [-0.1, -0.05) is 13.8 Å². The van der Waals surface area contributed by atoms with Crippen LogP contribution in [0.1, 0.15) is 47.1 Å². The SMILES string of the molecule is CCN(C)C(=O)C1CSCN1C(=O)c1sc(C(C)C)nc1C. The molecule has 0 N–H and O–H groups in total. The second kappa shape index (κ2) is 7.00. The average Bonchev–Trinajstić information content (AvgIpc) is 3.11. The zero-order valence-corrected chi connectivity index (χ0v) is 15.4. The Morgan fingerprint density at radius 2 is 2.14 bits per heavy atom. The molecule has 22 heavy (non-hydrogen) atoms. The molecule has 1 unspecified atom stereocenters. The van der Waals surface area contributed by atoms with Crippen LogP contribution in [0.3, 0.4) is 0 Å². The summed E-state index contributed by atoms with van der Waals surface area (Å²) in [5.41, 5.74) is 0.769. The first-order chi connectivity index (χ1) is 10.4. The number of likely N-dealkylation sites (N-methyl/N-ethyl adjacent to an activating group) is 1. The van der Waals surface area contributed by atoms with Gasteiger partial charge in [-0.3, -0.25) is 9.59 Å². The standard InChI is InChI=1S/C15H23N3O2S2/c1-6-17(5)14(19)11-7-21-8-18(11)15(20)12-10(4)16-13(22-12)9(2)3/h9,11H,6-8H2,1-5H3. The molecule has 122 valence electrons. The number of thioether (sulfide) groups is 1. The molecule has 1 atom stereocenters. The van der Waals surface area contributed by atoms with Crippen LogP contribution in [0, 0.1) is 6.92 Å². The lowest BCUT2D eigenvalue weighted by molar-refractivity contribution is -0.133. The molecule has 7 heteroatoms.